The summed E-state index contributed by atoms with van der Waals surface area (Å²) in [6, 6.07) is 48.7. The van der Waals surface area contributed by atoms with Gasteiger partial charge in [0.05, 0.1) is 11.1 Å². The van der Waals surface area contributed by atoms with Gasteiger partial charge in [-0.1, -0.05) is 109 Å². The van der Waals surface area contributed by atoms with E-state index in [4.69, 9.17) is 0 Å². The minimum absolute atomic E-state index is 0.312. The molecule has 1 spiro atoms. The van der Waals surface area contributed by atoms with Crippen molar-refractivity contribution in [2.45, 2.75) is 5.41 Å². The highest BCUT2D eigenvalue weighted by Crippen LogP contribution is 2.62. The fourth-order valence-corrected chi connectivity index (χ4v) is 6.67. The van der Waals surface area contributed by atoms with Gasteiger partial charge in [-0.3, -0.25) is 4.98 Å². The Morgan fingerprint density at radius 2 is 0.919 bits per heavy atom. The maximum absolute atomic E-state index is 4.58. The molecule has 172 valence electrons. The largest absolute Gasteiger partial charge is 0.256 e. The number of rotatable bonds is 2. The first-order chi connectivity index (χ1) is 18.4. The minimum Gasteiger partial charge on any atom is -0.256 e. The molecule has 1 nitrogen and oxygen atoms in total. The molecule has 8 rings (SSSR count). The van der Waals surface area contributed by atoms with Crippen LogP contribution in [0, 0.1) is 0 Å². The summed E-state index contributed by atoms with van der Waals surface area (Å²) in [5.41, 5.74) is 15.1. The van der Waals surface area contributed by atoms with Gasteiger partial charge in [0, 0.05) is 11.8 Å². The van der Waals surface area contributed by atoms with Crippen molar-refractivity contribution in [3.63, 3.8) is 0 Å². The van der Waals surface area contributed by atoms with Gasteiger partial charge in [0.1, 0.15) is 0 Å². The van der Waals surface area contributed by atoms with Crippen LogP contribution in [0.5, 0.6) is 0 Å². The fourth-order valence-electron chi connectivity index (χ4n) is 6.67. The van der Waals surface area contributed by atoms with E-state index >= 15 is 0 Å². The van der Waals surface area contributed by atoms with E-state index in [-0.39, 0.29) is 5.41 Å². The van der Waals surface area contributed by atoms with Gasteiger partial charge in [0.25, 0.3) is 0 Å². The highest BCUT2D eigenvalue weighted by Gasteiger charge is 2.51. The number of hydrogen-bond acceptors (Lipinski definition) is 1. The third-order valence-corrected chi connectivity index (χ3v) is 8.15. The van der Waals surface area contributed by atoms with E-state index < -0.39 is 0 Å². The van der Waals surface area contributed by atoms with Crippen LogP contribution in [0.3, 0.4) is 0 Å². The standard InChI is InChI=1S/C36H23N/c1-4-15-31-27(12-1)28-13-2-5-16-32(28)36(31)33-17-6-3-14-29(33)30-20-19-25(23-34(30)36)24-10-9-11-26(22-24)35-18-7-8-21-37-35/h1-23H. The summed E-state index contributed by atoms with van der Waals surface area (Å²) >= 11 is 0. The molecule has 0 saturated heterocycles. The van der Waals surface area contributed by atoms with Gasteiger partial charge in [-0.25, -0.2) is 0 Å². The number of aromatic nitrogens is 1. The van der Waals surface area contributed by atoms with Crippen molar-refractivity contribution in [1.29, 1.82) is 0 Å². The van der Waals surface area contributed by atoms with Gasteiger partial charge in [0.2, 0.25) is 0 Å². The van der Waals surface area contributed by atoms with Crippen LogP contribution in [-0.2, 0) is 5.41 Å². The molecule has 5 aromatic carbocycles. The van der Waals surface area contributed by atoms with Crippen LogP contribution in [0.4, 0.5) is 0 Å². The number of nitrogens with zero attached hydrogens (tertiary/aromatic N) is 1. The molecule has 1 heteroatoms. The van der Waals surface area contributed by atoms with Crippen LogP contribution >= 0.6 is 0 Å². The Labute approximate surface area is 216 Å². The van der Waals surface area contributed by atoms with E-state index in [0.717, 1.165) is 11.3 Å². The van der Waals surface area contributed by atoms with Crippen LogP contribution in [-0.4, -0.2) is 4.98 Å². The first kappa shape index (κ1) is 20.4. The summed E-state index contributed by atoms with van der Waals surface area (Å²) in [5, 5.41) is 0. The van der Waals surface area contributed by atoms with Crippen LogP contribution in [0.1, 0.15) is 22.3 Å². The molecule has 1 aromatic heterocycles. The highest BCUT2D eigenvalue weighted by molar-refractivity contribution is 5.95. The molecular formula is C36H23N. The summed E-state index contributed by atoms with van der Waals surface area (Å²) in [6.45, 7) is 0. The zero-order valence-corrected chi connectivity index (χ0v) is 20.2. The molecule has 2 aliphatic carbocycles. The molecule has 0 bridgehead atoms. The first-order valence-corrected chi connectivity index (χ1v) is 12.8. The normalized spacial score (nSPS) is 13.6. The lowest BCUT2D eigenvalue weighted by atomic mass is 9.70. The van der Waals surface area contributed by atoms with E-state index in [2.05, 4.69) is 126 Å². The first-order valence-electron chi connectivity index (χ1n) is 12.8. The summed E-state index contributed by atoms with van der Waals surface area (Å²) in [4.78, 5) is 4.58. The van der Waals surface area contributed by atoms with Crippen molar-refractivity contribution in [2.75, 3.05) is 0 Å². The molecule has 6 aromatic rings. The topological polar surface area (TPSA) is 12.9 Å². The zero-order valence-electron chi connectivity index (χ0n) is 20.2. The lowest BCUT2D eigenvalue weighted by molar-refractivity contribution is 0.794. The molecule has 0 N–H and O–H groups in total. The Hall–Kier alpha value is -4.75. The molecular weight excluding hydrogens is 446 g/mol. The number of benzene rings is 5. The Morgan fingerprint density at radius 1 is 0.378 bits per heavy atom. The lowest BCUT2D eigenvalue weighted by Gasteiger charge is -2.30. The Morgan fingerprint density at radius 3 is 1.54 bits per heavy atom. The number of hydrogen-bond donors (Lipinski definition) is 0. The molecule has 0 amide bonds. The Kier molecular flexibility index (Phi) is 4.21. The van der Waals surface area contributed by atoms with Crippen molar-refractivity contribution < 1.29 is 0 Å². The summed E-state index contributed by atoms with van der Waals surface area (Å²) in [5.74, 6) is 0. The molecule has 0 aliphatic heterocycles. The van der Waals surface area contributed by atoms with E-state index in [1.54, 1.807) is 0 Å². The van der Waals surface area contributed by atoms with E-state index in [1.807, 2.05) is 18.3 Å². The Bertz CT molecular complexity index is 1770. The van der Waals surface area contributed by atoms with Crippen molar-refractivity contribution in [3.8, 4) is 44.6 Å². The van der Waals surface area contributed by atoms with Crippen molar-refractivity contribution in [3.05, 3.63) is 162 Å². The van der Waals surface area contributed by atoms with Crippen molar-refractivity contribution >= 4 is 0 Å². The molecule has 37 heavy (non-hydrogen) atoms. The minimum atomic E-state index is -0.312. The predicted octanol–water partition coefficient (Wildman–Crippen LogP) is 8.76. The molecule has 1 heterocycles. The monoisotopic (exact) mass is 469 g/mol. The molecule has 0 radical (unpaired) electrons. The third kappa shape index (κ3) is 2.71. The predicted molar refractivity (Wildman–Crippen MR) is 151 cm³/mol. The molecule has 0 saturated carbocycles. The molecule has 0 atom stereocenters. The van der Waals surface area contributed by atoms with Crippen molar-refractivity contribution in [1.82, 2.24) is 4.98 Å². The fraction of sp³-hybridized carbons (Fsp3) is 0.0278. The maximum Gasteiger partial charge on any atom is 0.0725 e. The average Bonchev–Trinajstić information content (AvgIpc) is 3.45. The van der Waals surface area contributed by atoms with Gasteiger partial charge < -0.3 is 0 Å². The van der Waals surface area contributed by atoms with Gasteiger partial charge in [-0.15, -0.1) is 0 Å². The van der Waals surface area contributed by atoms with E-state index in [9.17, 15) is 0 Å². The smallest absolute Gasteiger partial charge is 0.0725 e. The lowest BCUT2D eigenvalue weighted by Crippen LogP contribution is -2.25. The average molecular weight is 470 g/mol. The van der Waals surface area contributed by atoms with Gasteiger partial charge in [0.15, 0.2) is 0 Å². The third-order valence-electron chi connectivity index (χ3n) is 8.15. The second-order valence-corrected chi connectivity index (χ2v) is 9.94. The number of fused-ring (bicyclic) bond motifs is 10. The van der Waals surface area contributed by atoms with E-state index in [1.165, 1.54) is 55.6 Å². The van der Waals surface area contributed by atoms with Gasteiger partial charge >= 0.3 is 0 Å². The molecule has 0 unspecified atom stereocenters. The van der Waals surface area contributed by atoms with Crippen LogP contribution in [0.25, 0.3) is 44.6 Å². The maximum atomic E-state index is 4.58. The molecule has 0 fully saturated rings. The summed E-state index contributed by atoms with van der Waals surface area (Å²) in [7, 11) is 0. The summed E-state index contributed by atoms with van der Waals surface area (Å²) in [6.07, 6.45) is 1.85. The number of pyridine rings is 1. The van der Waals surface area contributed by atoms with E-state index in [0.29, 0.717) is 0 Å². The van der Waals surface area contributed by atoms with Gasteiger partial charge in [-0.05, 0) is 79.9 Å². The van der Waals surface area contributed by atoms with Gasteiger partial charge in [-0.2, -0.15) is 0 Å². The second-order valence-electron chi connectivity index (χ2n) is 9.94. The zero-order chi connectivity index (χ0) is 24.4. The van der Waals surface area contributed by atoms with Crippen LogP contribution < -0.4 is 0 Å². The second kappa shape index (κ2) is 7.62. The SMILES string of the molecule is c1ccc(-c2cccc(-c3ccc4c(c3)C3(c5ccccc5-c5ccccc53)c3ccccc3-4)c2)nc1. The highest BCUT2D eigenvalue weighted by atomic mass is 14.7. The quantitative estimate of drug-likeness (QED) is 0.247. The van der Waals surface area contributed by atoms with Crippen LogP contribution in [0.2, 0.25) is 0 Å². The molecule has 2 aliphatic rings. The van der Waals surface area contributed by atoms with Crippen LogP contribution in [0.15, 0.2) is 140 Å². The Balaban J connectivity index is 1.41. The summed E-state index contributed by atoms with van der Waals surface area (Å²) < 4.78 is 0. The van der Waals surface area contributed by atoms with Crippen molar-refractivity contribution in [2.24, 2.45) is 0 Å².